The zero-order valence-electron chi connectivity index (χ0n) is 13.5. The van der Waals surface area contributed by atoms with Gasteiger partial charge in [0.1, 0.15) is 5.82 Å². The van der Waals surface area contributed by atoms with Gasteiger partial charge < -0.3 is 19.7 Å². The van der Waals surface area contributed by atoms with Crippen LogP contribution in [0, 0.1) is 0 Å². The smallest absolute Gasteiger partial charge is 0.252 e. The van der Waals surface area contributed by atoms with Crippen LogP contribution in [0.25, 0.3) is 0 Å². The number of rotatable bonds is 4. The van der Waals surface area contributed by atoms with Gasteiger partial charge >= 0.3 is 0 Å². The third-order valence-corrected chi connectivity index (χ3v) is 4.32. The molecule has 2 aliphatic heterocycles. The van der Waals surface area contributed by atoms with Crippen molar-refractivity contribution in [1.82, 2.24) is 10.3 Å². The Bertz CT molecular complexity index is 492. The second kappa shape index (κ2) is 8.26. The molecule has 2 aliphatic rings. The molecule has 0 unspecified atom stereocenters. The fraction of sp³-hybridized carbons (Fsp3) is 0.647. The molecule has 1 aromatic heterocycles. The topological polar surface area (TPSA) is 63.7 Å². The van der Waals surface area contributed by atoms with Gasteiger partial charge in [-0.25, -0.2) is 4.98 Å². The predicted molar refractivity (Wildman–Crippen MR) is 87.8 cm³/mol. The van der Waals surface area contributed by atoms with Crippen LogP contribution >= 0.6 is 0 Å². The summed E-state index contributed by atoms with van der Waals surface area (Å²) >= 11 is 0. The van der Waals surface area contributed by atoms with Crippen molar-refractivity contribution in [2.75, 3.05) is 44.4 Å². The van der Waals surface area contributed by atoms with Crippen molar-refractivity contribution in [2.24, 2.45) is 0 Å². The van der Waals surface area contributed by atoms with Crippen LogP contribution < -0.4 is 10.2 Å². The lowest BCUT2D eigenvalue weighted by atomic mass is 10.2. The summed E-state index contributed by atoms with van der Waals surface area (Å²) in [6.07, 6.45) is 6.62. The number of carbonyl (C=O) groups is 1. The maximum Gasteiger partial charge on any atom is 0.252 e. The molecule has 3 rings (SSSR count). The Morgan fingerprint density at radius 2 is 2.04 bits per heavy atom. The summed E-state index contributed by atoms with van der Waals surface area (Å²) in [4.78, 5) is 18.9. The number of anilines is 1. The minimum Gasteiger partial charge on any atom is -0.376 e. The van der Waals surface area contributed by atoms with Crippen LogP contribution in [-0.2, 0) is 9.47 Å². The van der Waals surface area contributed by atoms with E-state index in [1.807, 2.05) is 12.1 Å². The SMILES string of the molecule is O=C(NC[C@@H]1COCCO1)c1ccc(N2CCCCCC2)nc1. The van der Waals surface area contributed by atoms with Gasteiger partial charge in [0, 0.05) is 25.8 Å². The molecule has 2 fully saturated rings. The van der Waals surface area contributed by atoms with E-state index in [-0.39, 0.29) is 12.0 Å². The van der Waals surface area contributed by atoms with E-state index in [2.05, 4.69) is 15.2 Å². The number of amides is 1. The lowest BCUT2D eigenvalue weighted by molar-refractivity contribution is -0.0855. The average molecular weight is 319 g/mol. The first kappa shape index (κ1) is 16.2. The van der Waals surface area contributed by atoms with Crippen molar-refractivity contribution in [3.8, 4) is 0 Å². The molecule has 0 spiro atoms. The Kier molecular flexibility index (Phi) is 5.82. The fourth-order valence-electron chi connectivity index (χ4n) is 2.97. The second-order valence-corrected chi connectivity index (χ2v) is 6.08. The van der Waals surface area contributed by atoms with Gasteiger partial charge in [-0.15, -0.1) is 0 Å². The molecule has 1 N–H and O–H groups in total. The molecule has 2 saturated heterocycles. The highest BCUT2D eigenvalue weighted by atomic mass is 16.6. The molecule has 1 amide bonds. The minimum absolute atomic E-state index is 0.0583. The van der Waals surface area contributed by atoms with Gasteiger partial charge in [-0.1, -0.05) is 12.8 Å². The maximum absolute atomic E-state index is 12.2. The summed E-state index contributed by atoms with van der Waals surface area (Å²) < 4.78 is 10.8. The number of hydrogen-bond donors (Lipinski definition) is 1. The van der Waals surface area contributed by atoms with E-state index < -0.39 is 0 Å². The first-order valence-electron chi connectivity index (χ1n) is 8.51. The summed E-state index contributed by atoms with van der Waals surface area (Å²) in [6, 6.07) is 3.79. The first-order valence-corrected chi connectivity index (χ1v) is 8.51. The van der Waals surface area contributed by atoms with Gasteiger partial charge in [0.25, 0.3) is 5.91 Å². The van der Waals surface area contributed by atoms with Gasteiger partial charge in [-0.05, 0) is 25.0 Å². The number of nitrogens with one attached hydrogen (secondary N) is 1. The normalized spacial score (nSPS) is 22.4. The third-order valence-electron chi connectivity index (χ3n) is 4.32. The van der Waals surface area contributed by atoms with Crippen LogP contribution in [0.5, 0.6) is 0 Å². The first-order chi connectivity index (χ1) is 11.3. The number of nitrogens with zero attached hydrogens (tertiary/aromatic N) is 2. The second-order valence-electron chi connectivity index (χ2n) is 6.08. The van der Waals surface area contributed by atoms with E-state index in [1.54, 1.807) is 6.20 Å². The van der Waals surface area contributed by atoms with Crippen LogP contribution in [0.4, 0.5) is 5.82 Å². The number of hydrogen-bond acceptors (Lipinski definition) is 5. The molecule has 23 heavy (non-hydrogen) atoms. The van der Waals surface area contributed by atoms with Gasteiger partial charge in [0.15, 0.2) is 0 Å². The highest BCUT2D eigenvalue weighted by Crippen LogP contribution is 2.17. The largest absolute Gasteiger partial charge is 0.376 e. The molecule has 0 radical (unpaired) electrons. The quantitative estimate of drug-likeness (QED) is 0.913. The van der Waals surface area contributed by atoms with Crippen molar-refractivity contribution in [3.05, 3.63) is 23.9 Å². The summed E-state index contributed by atoms with van der Waals surface area (Å²) in [6.45, 7) is 4.33. The van der Waals surface area contributed by atoms with Gasteiger partial charge in [-0.3, -0.25) is 4.79 Å². The zero-order chi connectivity index (χ0) is 15.9. The van der Waals surface area contributed by atoms with Crippen LogP contribution in [0.2, 0.25) is 0 Å². The predicted octanol–water partition coefficient (Wildman–Crippen LogP) is 1.61. The Labute approximate surface area is 137 Å². The van der Waals surface area contributed by atoms with E-state index in [9.17, 15) is 4.79 Å². The molecule has 1 aromatic rings. The molecule has 6 heteroatoms. The van der Waals surface area contributed by atoms with Crippen molar-refractivity contribution >= 4 is 11.7 Å². The number of ether oxygens (including phenoxy) is 2. The summed E-state index contributed by atoms with van der Waals surface area (Å²) in [5, 5.41) is 2.88. The Hall–Kier alpha value is -1.66. The Morgan fingerprint density at radius 3 is 2.70 bits per heavy atom. The Balaban J connectivity index is 1.52. The molecular formula is C17H25N3O3. The average Bonchev–Trinajstić information content (AvgIpc) is 2.90. The maximum atomic E-state index is 12.2. The van der Waals surface area contributed by atoms with Crippen molar-refractivity contribution in [1.29, 1.82) is 0 Å². The number of pyridine rings is 1. The van der Waals surface area contributed by atoms with E-state index in [4.69, 9.17) is 9.47 Å². The third kappa shape index (κ3) is 4.65. The van der Waals surface area contributed by atoms with Crippen LogP contribution in [0.3, 0.4) is 0 Å². The van der Waals surface area contributed by atoms with Crippen molar-refractivity contribution in [3.63, 3.8) is 0 Å². The van der Waals surface area contributed by atoms with Crippen LogP contribution in [0.1, 0.15) is 36.0 Å². The highest BCUT2D eigenvalue weighted by molar-refractivity contribution is 5.94. The highest BCUT2D eigenvalue weighted by Gasteiger charge is 2.16. The van der Waals surface area contributed by atoms with E-state index in [0.29, 0.717) is 31.9 Å². The molecule has 0 aromatic carbocycles. The van der Waals surface area contributed by atoms with E-state index in [0.717, 1.165) is 18.9 Å². The molecule has 1 atom stereocenters. The zero-order valence-corrected chi connectivity index (χ0v) is 13.5. The number of carbonyl (C=O) groups excluding carboxylic acids is 1. The monoisotopic (exact) mass is 319 g/mol. The lowest BCUT2D eigenvalue weighted by Gasteiger charge is -2.23. The Morgan fingerprint density at radius 1 is 1.22 bits per heavy atom. The lowest BCUT2D eigenvalue weighted by Crippen LogP contribution is -2.39. The van der Waals surface area contributed by atoms with Crippen LogP contribution in [0.15, 0.2) is 18.3 Å². The molecular weight excluding hydrogens is 294 g/mol. The summed E-state index contributed by atoms with van der Waals surface area (Å²) in [7, 11) is 0. The van der Waals surface area contributed by atoms with Gasteiger partial charge in [0.05, 0.1) is 31.5 Å². The van der Waals surface area contributed by atoms with Crippen molar-refractivity contribution < 1.29 is 14.3 Å². The molecule has 0 aliphatic carbocycles. The van der Waals surface area contributed by atoms with Gasteiger partial charge in [-0.2, -0.15) is 0 Å². The molecule has 6 nitrogen and oxygen atoms in total. The molecule has 3 heterocycles. The number of aromatic nitrogens is 1. The molecule has 126 valence electrons. The van der Waals surface area contributed by atoms with E-state index in [1.165, 1.54) is 25.7 Å². The van der Waals surface area contributed by atoms with E-state index >= 15 is 0 Å². The minimum atomic E-state index is -0.117. The molecule has 0 saturated carbocycles. The standard InChI is InChI=1S/C17H25N3O3/c21-17(19-12-15-13-22-9-10-23-15)14-5-6-16(18-11-14)20-7-3-1-2-4-8-20/h5-6,11,15H,1-4,7-10,12-13H2,(H,19,21)/t15-/m1/s1. The summed E-state index contributed by atoms with van der Waals surface area (Å²) in [5.41, 5.74) is 0.584. The van der Waals surface area contributed by atoms with Gasteiger partial charge in [0.2, 0.25) is 0 Å². The summed E-state index contributed by atoms with van der Waals surface area (Å²) in [5.74, 6) is 0.849. The van der Waals surface area contributed by atoms with Crippen molar-refractivity contribution in [2.45, 2.75) is 31.8 Å². The van der Waals surface area contributed by atoms with Crippen LogP contribution in [-0.4, -0.2) is 56.5 Å². The molecule has 0 bridgehead atoms. The fourth-order valence-corrected chi connectivity index (χ4v) is 2.97.